The fourth-order valence-corrected chi connectivity index (χ4v) is 4.47. The summed E-state index contributed by atoms with van der Waals surface area (Å²) < 4.78 is 1.99. The van der Waals surface area contributed by atoms with Gasteiger partial charge >= 0.3 is 0 Å². The fraction of sp³-hybridized carbons (Fsp3) is 0.619. The van der Waals surface area contributed by atoms with Gasteiger partial charge in [0.15, 0.2) is 5.65 Å². The summed E-state index contributed by atoms with van der Waals surface area (Å²) in [6.45, 7) is 6.27. The Bertz CT molecular complexity index is 908. The molecule has 0 radical (unpaired) electrons. The maximum Gasteiger partial charge on any atom is 0.228 e. The summed E-state index contributed by atoms with van der Waals surface area (Å²) in [5.41, 5.74) is 1.95. The van der Waals surface area contributed by atoms with Gasteiger partial charge in [0, 0.05) is 56.6 Å². The number of likely N-dealkylation sites (tertiary alicyclic amines) is 2. The van der Waals surface area contributed by atoms with Gasteiger partial charge in [-0.2, -0.15) is 5.10 Å². The van der Waals surface area contributed by atoms with Crippen molar-refractivity contribution in [2.45, 2.75) is 32.2 Å². The second-order valence-corrected chi connectivity index (χ2v) is 8.39. The van der Waals surface area contributed by atoms with E-state index in [1.165, 1.54) is 0 Å². The zero-order chi connectivity index (χ0) is 20.5. The number of rotatable bonds is 6. The number of hydrogen-bond acceptors (Lipinski definition) is 5. The van der Waals surface area contributed by atoms with Crippen molar-refractivity contribution in [2.24, 2.45) is 5.92 Å². The first-order chi connectivity index (χ1) is 14.0. The molecule has 0 spiro atoms. The topological polar surface area (TPSA) is 74.6 Å². The number of hydrogen-bond donors (Lipinski definition) is 0. The maximum absolute atomic E-state index is 13.0. The average molecular weight is 399 g/mol. The predicted octanol–water partition coefficient (Wildman–Crippen LogP) is 1.18. The lowest BCUT2D eigenvalue weighted by Gasteiger charge is -2.20. The van der Waals surface area contributed by atoms with Crippen molar-refractivity contribution in [3.8, 4) is 0 Å². The Morgan fingerprint density at radius 1 is 1.31 bits per heavy atom. The SMILES string of the molecule is CCN1C[C@@H](C(=O)N2CC[C@H](c3nn(CCN(C)C)c4ncccc34)C2)CC1=O. The van der Waals surface area contributed by atoms with Crippen molar-refractivity contribution in [2.75, 3.05) is 46.8 Å². The molecule has 29 heavy (non-hydrogen) atoms. The molecule has 2 aromatic rings. The molecule has 0 bridgehead atoms. The number of carbonyl (C=O) groups excluding carboxylic acids is 2. The van der Waals surface area contributed by atoms with Gasteiger partial charge in [-0.15, -0.1) is 0 Å². The van der Waals surface area contributed by atoms with E-state index in [9.17, 15) is 9.59 Å². The van der Waals surface area contributed by atoms with Crippen LogP contribution in [-0.4, -0.2) is 88.1 Å². The van der Waals surface area contributed by atoms with E-state index in [0.717, 1.165) is 42.8 Å². The molecular formula is C21H30N6O2. The predicted molar refractivity (Wildman–Crippen MR) is 110 cm³/mol. The smallest absolute Gasteiger partial charge is 0.228 e. The van der Waals surface area contributed by atoms with Gasteiger partial charge in [-0.1, -0.05) is 0 Å². The molecule has 8 nitrogen and oxygen atoms in total. The second-order valence-electron chi connectivity index (χ2n) is 8.39. The Kier molecular flexibility index (Phi) is 5.54. The van der Waals surface area contributed by atoms with Gasteiger partial charge in [-0.05, 0) is 39.6 Å². The molecule has 0 saturated carbocycles. The Morgan fingerprint density at radius 3 is 2.86 bits per heavy atom. The van der Waals surface area contributed by atoms with Crippen LogP contribution in [0.3, 0.4) is 0 Å². The highest BCUT2D eigenvalue weighted by atomic mass is 16.2. The molecule has 4 heterocycles. The molecule has 2 fully saturated rings. The minimum absolute atomic E-state index is 0.0956. The summed E-state index contributed by atoms with van der Waals surface area (Å²) in [5, 5.41) is 5.98. The van der Waals surface area contributed by atoms with E-state index in [1.54, 1.807) is 11.1 Å². The van der Waals surface area contributed by atoms with E-state index >= 15 is 0 Å². The first-order valence-corrected chi connectivity index (χ1v) is 10.5. The van der Waals surface area contributed by atoms with Gasteiger partial charge in [0.25, 0.3) is 0 Å². The molecule has 2 amide bonds. The zero-order valence-electron chi connectivity index (χ0n) is 17.5. The van der Waals surface area contributed by atoms with Crippen molar-refractivity contribution in [1.29, 1.82) is 0 Å². The van der Waals surface area contributed by atoms with Crippen LogP contribution in [0.25, 0.3) is 11.0 Å². The van der Waals surface area contributed by atoms with E-state index in [1.807, 2.05) is 36.7 Å². The number of likely N-dealkylation sites (N-methyl/N-ethyl adjacent to an activating group) is 1. The van der Waals surface area contributed by atoms with Crippen LogP contribution in [0.1, 0.15) is 31.4 Å². The summed E-state index contributed by atoms with van der Waals surface area (Å²) in [6.07, 6.45) is 3.06. The quantitative estimate of drug-likeness (QED) is 0.730. The summed E-state index contributed by atoms with van der Waals surface area (Å²) >= 11 is 0. The summed E-state index contributed by atoms with van der Waals surface area (Å²) in [7, 11) is 4.10. The number of aromatic nitrogens is 3. The molecule has 2 atom stereocenters. The molecular weight excluding hydrogens is 368 g/mol. The zero-order valence-corrected chi connectivity index (χ0v) is 17.5. The van der Waals surface area contributed by atoms with Gasteiger partial charge in [-0.25, -0.2) is 9.67 Å². The number of pyridine rings is 1. The van der Waals surface area contributed by atoms with E-state index in [0.29, 0.717) is 26.1 Å². The van der Waals surface area contributed by atoms with Crippen molar-refractivity contribution < 1.29 is 9.59 Å². The second kappa shape index (κ2) is 8.10. The lowest BCUT2D eigenvalue weighted by molar-refractivity contribution is -0.134. The van der Waals surface area contributed by atoms with Crippen LogP contribution in [0.4, 0.5) is 0 Å². The van der Waals surface area contributed by atoms with Crippen molar-refractivity contribution >= 4 is 22.8 Å². The van der Waals surface area contributed by atoms with Crippen LogP contribution in [0, 0.1) is 5.92 Å². The monoisotopic (exact) mass is 398 g/mol. The molecule has 2 aromatic heterocycles. The third-order valence-electron chi connectivity index (χ3n) is 6.13. The Morgan fingerprint density at radius 2 is 2.14 bits per heavy atom. The minimum Gasteiger partial charge on any atom is -0.342 e. The first-order valence-electron chi connectivity index (χ1n) is 10.5. The minimum atomic E-state index is -0.197. The lowest BCUT2D eigenvalue weighted by atomic mass is 10.0. The van der Waals surface area contributed by atoms with E-state index in [2.05, 4.69) is 16.0 Å². The Balaban J connectivity index is 1.50. The summed E-state index contributed by atoms with van der Waals surface area (Å²) in [4.78, 5) is 35.4. The third kappa shape index (κ3) is 3.85. The van der Waals surface area contributed by atoms with Crippen LogP contribution in [0.5, 0.6) is 0 Å². The van der Waals surface area contributed by atoms with Crippen LogP contribution >= 0.6 is 0 Å². The van der Waals surface area contributed by atoms with Gasteiger partial charge in [0.05, 0.1) is 18.2 Å². The molecule has 8 heteroatoms. The number of fused-ring (bicyclic) bond motifs is 1. The van der Waals surface area contributed by atoms with E-state index in [4.69, 9.17) is 5.10 Å². The molecule has 0 unspecified atom stereocenters. The molecule has 0 aliphatic carbocycles. The molecule has 156 valence electrons. The maximum atomic E-state index is 13.0. The van der Waals surface area contributed by atoms with Crippen LogP contribution in [-0.2, 0) is 16.1 Å². The van der Waals surface area contributed by atoms with E-state index < -0.39 is 0 Å². The highest BCUT2D eigenvalue weighted by Gasteiger charge is 2.39. The average Bonchev–Trinajstić information content (AvgIpc) is 3.42. The largest absolute Gasteiger partial charge is 0.342 e. The highest BCUT2D eigenvalue weighted by molar-refractivity contribution is 5.89. The lowest BCUT2D eigenvalue weighted by Crippen LogP contribution is -2.35. The van der Waals surface area contributed by atoms with Gasteiger partial charge in [0.1, 0.15) is 0 Å². The van der Waals surface area contributed by atoms with Crippen molar-refractivity contribution in [3.05, 3.63) is 24.0 Å². The van der Waals surface area contributed by atoms with Crippen LogP contribution in [0.2, 0.25) is 0 Å². The molecule has 2 aliphatic heterocycles. The standard InChI is InChI=1S/C21H30N6O2/c1-4-25-14-16(12-18(25)28)21(29)26-9-7-15(13-26)19-17-6-5-8-22-20(17)27(23-19)11-10-24(2)3/h5-6,8,15-16H,4,7,9-14H2,1-3H3/t15-,16-/m0/s1. The van der Waals surface area contributed by atoms with Crippen molar-refractivity contribution in [1.82, 2.24) is 29.5 Å². The number of amides is 2. The number of carbonyl (C=O) groups is 2. The number of nitrogens with zero attached hydrogens (tertiary/aromatic N) is 6. The highest BCUT2D eigenvalue weighted by Crippen LogP contribution is 2.33. The Labute approximate surface area is 171 Å². The van der Waals surface area contributed by atoms with Crippen LogP contribution in [0.15, 0.2) is 18.3 Å². The molecule has 2 saturated heterocycles. The Hall–Kier alpha value is -2.48. The molecule has 4 rings (SSSR count). The van der Waals surface area contributed by atoms with Gasteiger partial charge < -0.3 is 14.7 Å². The summed E-state index contributed by atoms with van der Waals surface area (Å²) in [5.74, 6) is 0.229. The molecule has 0 aromatic carbocycles. The van der Waals surface area contributed by atoms with Crippen LogP contribution < -0.4 is 0 Å². The van der Waals surface area contributed by atoms with Gasteiger partial charge in [0.2, 0.25) is 11.8 Å². The third-order valence-corrected chi connectivity index (χ3v) is 6.13. The first kappa shape index (κ1) is 19.8. The fourth-order valence-electron chi connectivity index (χ4n) is 4.47. The van der Waals surface area contributed by atoms with E-state index in [-0.39, 0.29) is 23.7 Å². The van der Waals surface area contributed by atoms with Gasteiger partial charge in [-0.3, -0.25) is 9.59 Å². The molecule has 0 N–H and O–H groups in total. The normalized spacial score (nSPS) is 22.4. The van der Waals surface area contributed by atoms with Crippen molar-refractivity contribution in [3.63, 3.8) is 0 Å². The summed E-state index contributed by atoms with van der Waals surface area (Å²) in [6, 6.07) is 4.03. The molecule has 2 aliphatic rings.